The van der Waals surface area contributed by atoms with Crippen LogP contribution in [0.15, 0.2) is 42.6 Å². The first kappa shape index (κ1) is 12.5. The number of carbonyl (C=O) groups excluding carboxylic acids is 2. The number of aromatic hydroxyl groups is 2. The number of hydrogen-bond acceptors (Lipinski definition) is 5. The van der Waals surface area contributed by atoms with Gasteiger partial charge in [0.25, 0.3) is 0 Å². The summed E-state index contributed by atoms with van der Waals surface area (Å²) in [6.45, 7) is 0. The monoisotopic (exact) mass is 291 g/mol. The van der Waals surface area contributed by atoms with Crippen LogP contribution in [0.1, 0.15) is 32.0 Å². The van der Waals surface area contributed by atoms with Gasteiger partial charge in [0.15, 0.2) is 5.78 Å². The van der Waals surface area contributed by atoms with Crippen LogP contribution in [0.25, 0.3) is 10.8 Å². The Morgan fingerprint density at radius 3 is 2.00 bits per heavy atom. The predicted molar refractivity (Wildman–Crippen MR) is 78.4 cm³/mol. The van der Waals surface area contributed by atoms with Gasteiger partial charge in [-0.3, -0.25) is 14.6 Å². The maximum Gasteiger partial charge on any atom is 0.216 e. The summed E-state index contributed by atoms with van der Waals surface area (Å²) in [5.74, 6) is -1.69. The zero-order valence-corrected chi connectivity index (χ0v) is 11.2. The predicted octanol–water partition coefficient (Wildman–Crippen LogP) is 2.42. The molecule has 1 aromatic heterocycles. The Hall–Kier alpha value is -3.21. The largest absolute Gasteiger partial charge is 0.506 e. The van der Waals surface area contributed by atoms with Crippen molar-refractivity contribution in [1.82, 2.24) is 4.98 Å². The Morgan fingerprint density at radius 1 is 0.773 bits per heavy atom. The lowest BCUT2D eigenvalue weighted by Gasteiger charge is -2.20. The summed E-state index contributed by atoms with van der Waals surface area (Å²) in [5.41, 5.74) is -0.232. The van der Waals surface area contributed by atoms with Gasteiger partial charge < -0.3 is 10.2 Å². The molecular weight excluding hydrogens is 282 g/mol. The number of ketones is 2. The van der Waals surface area contributed by atoms with Crippen molar-refractivity contribution in [2.45, 2.75) is 0 Å². The molecule has 0 bridgehead atoms. The fraction of sp³-hybridized carbons (Fsp3) is 0. The topological polar surface area (TPSA) is 87.5 Å². The number of rotatable bonds is 0. The van der Waals surface area contributed by atoms with Gasteiger partial charge >= 0.3 is 0 Å². The molecule has 1 aliphatic rings. The van der Waals surface area contributed by atoms with Gasteiger partial charge in [-0.25, -0.2) is 0 Å². The van der Waals surface area contributed by atoms with Gasteiger partial charge in [-0.15, -0.1) is 0 Å². The molecule has 0 amide bonds. The average Bonchev–Trinajstić information content (AvgIpc) is 2.56. The lowest BCUT2D eigenvalue weighted by Crippen LogP contribution is -2.22. The Morgan fingerprint density at radius 2 is 1.36 bits per heavy atom. The highest BCUT2D eigenvalue weighted by Crippen LogP contribution is 2.43. The maximum atomic E-state index is 12.6. The summed E-state index contributed by atoms with van der Waals surface area (Å²) in [4.78, 5) is 29.1. The van der Waals surface area contributed by atoms with E-state index in [4.69, 9.17) is 0 Å². The molecule has 0 radical (unpaired) electrons. The van der Waals surface area contributed by atoms with E-state index in [1.54, 1.807) is 30.3 Å². The molecule has 106 valence electrons. The Labute approximate surface area is 124 Å². The van der Waals surface area contributed by atoms with Crippen LogP contribution in [-0.2, 0) is 0 Å². The van der Waals surface area contributed by atoms with E-state index in [0.29, 0.717) is 10.8 Å². The van der Waals surface area contributed by atoms with Crippen molar-refractivity contribution in [1.29, 1.82) is 0 Å². The van der Waals surface area contributed by atoms with E-state index in [9.17, 15) is 19.8 Å². The number of nitrogens with zero attached hydrogens (tertiary/aromatic N) is 1. The fourth-order valence-corrected chi connectivity index (χ4v) is 2.87. The number of hydrogen-bond donors (Lipinski definition) is 2. The van der Waals surface area contributed by atoms with Gasteiger partial charge in [-0.05, 0) is 12.1 Å². The Bertz CT molecular complexity index is 912. The van der Waals surface area contributed by atoms with E-state index < -0.39 is 11.6 Å². The molecule has 1 aliphatic carbocycles. The maximum absolute atomic E-state index is 12.6. The molecule has 3 aromatic rings. The van der Waals surface area contributed by atoms with E-state index in [2.05, 4.69) is 4.98 Å². The van der Waals surface area contributed by atoms with Crippen molar-refractivity contribution in [3.05, 3.63) is 65.0 Å². The second kappa shape index (κ2) is 4.14. The lowest BCUT2D eigenvalue weighted by atomic mass is 9.83. The minimum Gasteiger partial charge on any atom is -0.506 e. The number of aromatic nitrogens is 1. The third-order valence-corrected chi connectivity index (χ3v) is 3.88. The molecule has 5 nitrogen and oxygen atoms in total. The second-order valence-electron chi connectivity index (χ2n) is 5.05. The van der Waals surface area contributed by atoms with Crippen LogP contribution in [0.5, 0.6) is 11.5 Å². The minimum atomic E-state index is -0.566. The molecule has 2 aromatic carbocycles. The van der Waals surface area contributed by atoms with Gasteiger partial charge in [0.2, 0.25) is 5.78 Å². The molecule has 0 atom stereocenters. The second-order valence-corrected chi connectivity index (χ2v) is 5.05. The standard InChI is InChI=1S/C17H9NO4/c19-14-8-4-1-2-5-9(8)15(20)12-11(14)16(21)10-6-3-7-18-13(10)17(12)22/h1-7,19-20H. The lowest BCUT2D eigenvalue weighted by molar-refractivity contribution is 0.0971. The van der Waals surface area contributed by atoms with Crippen LogP contribution >= 0.6 is 0 Å². The first-order valence-corrected chi connectivity index (χ1v) is 6.62. The highest BCUT2D eigenvalue weighted by atomic mass is 16.3. The van der Waals surface area contributed by atoms with Gasteiger partial charge in [0, 0.05) is 17.0 Å². The van der Waals surface area contributed by atoms with Crippen LogP contribution < -0.4 is 0 Å². The van der Waals surface area contributed by atoms with Gasteiger partial charge in [0.1, 0.15) is 17.2 Å². The van der Waals surface area contributed by atoms with E-state index in [1.807, 2.05) is 0 Å². The molecule has 0 saturated carbocycles. The highest BCUT2D eigenvalue weighted by Gasteiger charge is 2.36. The molecule has 0 aliphatic heterocycles. The van der Waals surface area contributed by atoms with Gasteiger partial charge in [-0.1, -0.05) is 24.3 Å². The molecule has 2 N–H and O–H groups in total. The smallest absolute Gasteiger partial charge is 0.216 e. The van der Waals surface area contributed by atoms with Crippen molar-refractivity contribution >= 4 is 22.3 Å². The summed E-state index contributed by atoms with van der Waals surface area (Å²) in [6, 6.07) is 9.55. The van der Waals surface area contributed by atoms with Crippen LogP contribution in [0.4, 0.5) is 0 Å². The third kappa shape index (κ3) is 1.39. The summed E-state index contributed by atoms with van der Waals surface area (Å²) >= 11 is 0. The van der Waals surface area contributed by atoms with Crippen LogP contribution in [0.2, 0.25) is 0 Å². The summed E-state index contributed by atoms with van der Waals surface area (Å²) < 4.78 is 0. The molecule has 22 heavy (non-hydrogen) atoms. The van der Waals surface area contributed by atoms with Crippen molar-refractivity contribution in [2.24, 2.45) is 0 Å². The minimum absolute atomic E-state index is 0.00928. The molecule has 1 heterocycles. The van der Waals surface area contributed by atoms with Crippen molar-refractivity contribution < 1.29 is 19.8 Å². The fourth-order valence-electron chi connectivity index (χ4n) is 2.87. The molecule has 0 fully saturated rings. The van der Waals surface area contributed by atoms with Crippen molar-refractivity contribution in [2.75, 3.05) is 0 Å². The third-order valence-electron chi connectivity index (χ3n) is 3.88. The highest BCUT2D eigenvalue weighted by molar-refractivity contribution is 6.31. The molecule has 4 rings (SSSR count). The quantitative estimate of drug-likeness (QED) is 0.486. The number of fused-ring (bicyclic) bond motifs is 3. The number of benzene rings is 2. The molecular formula is C17H9NO4. The Kier molecular flexibility index (Phi) is 2.36. The van der Waals surface area contributed by atoms with E-state index >= 15 is 0 Å². The molecule has 5 heteroatoms. The number of carbonyl (C=O) groups is 2. The summed E-state index contributed by atoms with van der Waals surface area (Å²) in [5, 5.41) is 21.5. The first-order valence-electron chi connectivity index (χ1n) is 6.62. The van der Waals surface area contributed by atoms with Gasteiger partial charge in [-0.2, -0.15) is 0 Å². The average molecular weight is 291 g/mol. The van der Waals surface area contributed by atoms with Crippen LogP contribution in [-0.4, -0.2) is 26.8 Å². The SMILES string of the molecule is O=C1c2cccnc2C(=O)c2c1c(O)c1ccccc1c2O. The first-order chi connectivity index (χ1) is 10.6. The normalized spacial score (nSPS) is 13.1. The Balaban J connectivity index is 2.19. The zero-order chi connectivity index (χ0) is 15.4. The van der Waals surface area contributed by atoms with E-state index in [1.165, 1.54) is 12.3 Å². The summed E-state index contributed by atoms with van der Waals surface area (Å²) in [6.07, 6.45) is 1.41. The summed E-state index contributed by atoms with van der Waals surface area (Å²) in [7, 11) is 0. The zero-order valence-electron chi connectivity index (χ0n) is 11.2. The van der Waals surface area contributed by atoms with Crippen LogP contribution in [0, 0.1) is 0 Å². The molecule has 0 saturated heterocycles. The van der Waals surface area contributed by atoms with Crippen molar-refractivity contribution in [3.63, 3.8) is 0 Å². The van der Waals surface area contributed by atoms with Gasteiger partial charge in [0.05, 0.1) is 16.7 Å². The van der Waals surface area contributed by atoms with Crippen LogP contribution in [0.3, 0.4) is 0 Å². The number of pyridine rings is 1. The number of phenolic OH excluding ortho intramolecular Hbond substituents is 2. The number of phenols is 2. The van der Waals surface area contributed by atoms with Crippen molar-refractivity contribution in [3.8, 4) is 11.5 Å². The van der Waals surface area contributed by atoms with E-state index in [-0.39, 0.29) is 33.9 Å². The molecule has 0 spiro atoms. The molecule has 0 unspecified atom stereocenters. The van der Waals surface area contributed by atoms with E-state index in [0.717, 1.165) is 0 Å².